The highest BCUT2D eigenvalue weighted by Gasteiger charge is 2.17. The van der Waals surface area contributed by atoms with E-state index < -0.39 is 22.4 Å². The molecule has 2 N–H and O–H groups in total. The van der Waals surface area contributed by atoms with Gasteiger partial charge in [0.05, 0.1) is 5.52 Å². The maximum absolute atomic E-state index is 13.8. The monoisotopic (exact) mass is 287 g/mol. The number of rotatable bonds is 4. The molecule has 0 spiro atoms. The van der Waals surface area contributed by atoms with Gasteiger partial charge in [-0.15, -0.1) is 0 Å². The number of fused-ring (bicyclic) bond motifs is 1. The molecule has 2 unspecified atom stereocenters. The van der Waals surface area contributed by atoms with Gasteiger partial charge in [-0.2, -0.15) is 0 Å². The Morgan fingerprint density at radius 3 is 2.79 bits per heavy atom. The molecule has 0 saturated carbocycles. The number of aryl methyl sites for hydroxylation is 1. The summed E-state index contributed by atoms with van der Waals surface area (Å²) in [6.45, 7) is 2.19. The Balaban J connectivity index is 2.40. The average molecular weight is 287 g/mol. The first-order chi connectivity index (χ1) is 8.91. The number of benzene rings is 1. The lowest BCUT2D eigenvalue weighted by Crippen LogP contribution is -2.14. The molecule has 0 amide bonds. The molecule has 104 valence electrons. The molecule has 7 heteroatoms. The first kappa shape index (κ1) is 13.9. The summed E-state index contributed by atoms with van der Waals surface area (Å²) in [5.74, 6) is -1.75. The lowest BCUT2D eigenvalue weighted by Gasteiger charge is -2.11. The lowest BCUT2D eigenvalue weighted by molar-refractivity contribution is 0.510. The van der Waals surface area contributed by atoms with Crippen LogP contribution in [0.15, 0.2) is 12.1 Å². The van der Waals surface area contributed by atoms with Gasteiger partial charge >= 0.3 is 0 Å². The van der Waals surface area contributed by atoms with Gasteiger partial charge in [-0.05, 0) is 18.6 Å². The van der Waals surface area contributed by atoms with Crippen molar-refractivity contribution in [3.8, 4) is 0 Å². The number of halogens is 2. The Morgan fingerprint density at radius 2 is 2.16 bits per heavy atom. The average Bonchev–Trinajstić information content (AvgIpc) is 2.67. The largest absolute Gasteiger partial charge is 0.369 e. The van der Waals surface area contributed by atoms with E-state index in [1.165, 1.54) is 10.6 Å². The smallest absolute Gasteiger partial charge is 0.201 e. The quantitative estimate of drug-likeness (QED) is 0.936. The van der Waals surface area contributed by atoms with Crippen LogP contribution in [0.1, 0.15) is 13.3 Å². The number of aromatic nitrogens is 2. The topological polar surface area (TPSA) is 60.9 Å². The van der Waals surface area contributed by atoms with E-state index in [9.17, 15) is 13.0 Å². The Kier molecular flexibility index (Phi) is 3.84. The summed E-state index contributed by atoms with van der Waals surface area (Å²) in [4.78, 5) is 4.00. The van der Waals surface area contributed by atoms with Gasteiger partial charge in [-0.25, -0.2) is 13.8 Å². The minimum Gasteiger partial charge on any atom is -0.369 e. The molecule has 2 rings (SSSR count). The van der Waals surface area contributed by atoms with Crippen molar-refractivity contribution in [3.63, 3.8) is 0 Å². The SMILES string of the molecule is CC(CCn1c(N)nc2ccc(F)c(F)c21)S(C)=O. The van der Waals surface area contributed by atoms with E-state index in [0.29, 0.717) is 18.5 Å². The second kappa shape index (κ2) is 5.24. The fourth-order valence-electron chi connectivity index (χ4n) is 1.88. The highest BCUT2D eigenvalue weighted by molar-refractivity contribution is 7.84. The molecule has 0 saturated heterocycles. The summed E-state index contributed by atoms with van der Waals surface area (Å²) in [6.07, 6.45) is 2.16. The van der Waals surface area contributed by atoms with E-state index in [1.54, 1.807) is 6.26 Å². The Labute approximate surface area is 112 Å². The molecule has 0 aliphatic rings. The van der Waals surface area contributed by atoms with Gasteiger partial charge in [0.2, 0.25) is 5.95 Å². The number of imidazole rings is 1. The number of nitrogens with two attached hydrogens (primary N) is 1. The summed E-state index contributed by atoms with van der Waals surface area (Å²) >= 11 is 0. The first-order valence-electron chi connectivity index (χ1n) is 5.83. The fraction of sp³-hybridized carbons (Fsp3) is 0.417. The summed E-state index contributed by atoms with van der Waals surface area (Å²) in [5.41, 5.74) is 6.10. The minimum absolute atomic E-state index is 0.0477. The van der Waals surface area contributed by atoms with Crippen molar-refractivity contribution in [3.05, 3.63) is 23.8 Å². The van der Waals surface area contributed by atoms with Crippen LogP contribution >= 0.6 is 0 Å². The van der Waals surface area contributed by atoms with Crippen molar-refractivity contribution in [2.24, 2.45) is 0 Å². The molecule has 0 aliphatic heterocycles. The van der Waals surface area contributed by atoms with Gasteiger partial charge in [-0.3, -0.25) is 4.21 Å². The Morgan fingerprint density at radius 1 is 1.47 bits per heavy atom. The van der Waals surface area contributed by atoms with E-state index in [4.69, 9.17) is 5.73 Å². The molecule has 0 radical (unpaired) electrons. The van der Waals surface area contributed by atoms with Crippen LogP contribution in [0.4, 0.5) is 14.7 Å². The molecule has 1 heterocycles. The maximum Gasteiger partial charge on any atom is 0.201 e. The predicted molar refractivity (Wildman–Crippen MR) is 72.2 cm³/mol. The van der Waals surface area contributed by atoms with E-state index >= 15 is 0 Å². The van der Waals surface area contributed by atoms with Crippen LogP contribution in [0.5, 0.6) is 0 Å². The normalized spacial score (nSPS) is 14.7. The molecule has 0 aliphatic carbocycles. The molecule has 0 bridgehead atoms. The van der Waals surface area contributed by atoms with Crippen molar-refractivity contribution in [2.45, 2.75) is 25.1 Å². The molecule has 4 nitrogen and oxygen atoms in total. The second-order valence-corrected chi connectivity index (χ2v) is 6.25. The van der Waals surface area contributed by atoms with Crippen LogP contribution < -0.4 is 5.73 Å². The molecule has 1 aromatic carbocycles. The van der Waals surface area contributed by atoms with Gasteiger partial charge in [0.15, 0.2) is 11.6 Å². The summed E-state index contributed by atoms with van der Waals surface area (Å²) in [7, 11) is -0.964. The summed E-state index contributed by atoms with van der Waals surface area (Å²) in [6, 6.07) is 2.42. The Bertz CT molecular complexity index is 641. The van der Waals surface area contributed by atoms with Gasteiger partial charge in [0.25, 0.3) is 0 Å². The van der Waals surface area contributed by atoms with Crippen molar-refractivity contribution in [1.82, 2.24) is 9.55 Å². The zero-order valence-corrected chi connectivity index (χ0v) is 11.5. The summed E-state index contributed by atoms with van der Waals surface area (Å²) in [5, 5.41) is -0.0477. The number of nitrogens with zero attached hydrogens (tertiary/aromatic N) is 2. The van der Waals surface area contributed by atoms with E-state index in [-0.39, 0.29) is 16.7 Å². The van der Waals surface area contributed by atoms with Gasteiger partial charge in [0, 0.05) is 28.9 Å². The van der Waals surface area contributed by atoms with Crippen LogP contribution in [-0.4, -0.2) is 25.3 Å². The van der Waals surface area contributed by atoms with E-state index in [2.05, 4.69) is 4.98 Å². The summed E-state index contributed by atoms with van der Waals surface area (Å²) < 4.78 is 39.8. The second-order valence-electron chi connectivity index (χ2n) is 4.45. The molecule has 19 heavy (non-hydrogen) atoms. The first-order valence-corrected chi connectivity index (χ1v) is 7.46. The van der Waals surface area contributed by atoms with Crippen LogP contribution in [0.2, 0.25) is 0 Å². The van der Waals surface area contributed by atoms with Crippen LogP contribution in [0.25, 0.3) is 11.0 Å². The molecule has 2 atom stereocenters. The van der Waals surface area contributed by atoms with Crippen LogP contribution in [0.3, 0.4) is 0 Å². The fourth-order valence-corrected chi connectivity index (χ4v) is 2.32. The number of nitrogen functional groups attached to an aromatic ring is 1. The number of anilines is 1. The minimum atomic E-state index is -0.964. The number of hydrogen-bond acceptors (Lipinski definition) is 3. The van der Waals surface area contributed by atoms with Gasteiger partial charge in [0.1, 0.15) is 5.52 Å². The van der Waals surface area contributed by atoms with Crippen LogP contribution in [0, 0.1) is 11.6 Å². The van der Waals surface area contributed by atoms with Gasteiger partial charge in [-0.1, -0.05) is 6.92 Å². The van der Waals surface area contributed by atoms with Crippen molar-refractivity contribution in [1.29, 1.82) is 0 Å². The highest BCUT2D eigenvalue weighted by atomic mass is 32.2. The van der Waals surface area contributed by atoms with Gasteiger partial charge < -0.3 is 10.3 Å². The zero-order valence-electron chi connectivity index (χ0n) is 10.7. The molecular weight excluding hydrogens is 272 g/mol. The maximum atomic E-state index is 13.8. The third kappa shape index (κ3) is 2.60. The van der Waals surface area contributed by atoms with Crippen molar-refractivity contribution >= 4 is 27.8 Å². The zero-order chi connectivity index (χ0) is 14.2. The molecular formula is C12H15F2N3OS. The van der Waals surface area contributed by atoms with E-state index in [0.717, 1.165) is 6.07 Å². The standard InChI is InChI=1S/C12H15F2N3OS/c1-7(19(2)18)5-6-17-11-9(16-12(17)15)4-3-8(13)10(11)14/h3-4,7H,5-6H2,1-2H3,(H2,15,16). The molecule has 0 fully saturated rings. The molecule has 1 aromatic heterocycles. The van der Waals surface area contributed by atoms with Crippen molar-refractivity contribution in [2.75, 3.05) is 12.0 Å². The number of hydrogen-bond donors (Lipinski definition) is 1. The predicted octanol–water partition coefficient (Wildman–Crippen LogP) is 2.05. The third-order valence-electron chi connectivity index (χ3n) is 3.16. The van der Waals surface area contributed by atoms with E-state index in [1.807, 2.05) is 6.92 Å². The van der Waals surface area contributed by atoms with Crippen molar-refractivity contribution < 1.29 is 13.0 Å². The van der Waals surface area contributed by atoms with Crippen LogP contribution in [-0.2, 0) is 17.3 Å². The molecule has 2 aromatic rings. The lowest BCUT2D eigenvalue weighted by atomic mass is 10.2. The Hall–Kier alpha value is -1.50. The third-order valence-corrected chi connectivity index (χ3v) is 4.52. The highest BCUT2D eigenvalue weighted by Crippen LogP contribution is 2.23.